The first-order valence-electron chi connectivity index (χ1n) is 5.31. The van der Waals surface area contributed by atoms with E-state index in [1.807, 2.05) is 13.8 Å². The molecule has 0 radical (unpaired) electrons. The maximum Gasteiger partial charge on any atom is 0.224 e. The number of rotatable bonds is 2. The second kappa shape index (κ2) is 3.02. The minimum atomic E-state index is -0.496. The number of nitrogens with one attached hydrogen (secondary N) is 1. The van der Waals surface area contributed by atoms with Crippen molar-refractivity contribution in [1.29, 1.82) is 0 Å². The van der Waals surface area contributed by atoms with Crippen LogP contribution in [0.25, 0.3) is 0 Å². The summed E-state index contributed by atoms with van der Waals surface area (Å²) in [4.78, 5) is 11.8. The standard InChI is InChI=1S/C12H17NO/c1-4-12(2,3)13-11(14)10-6-8-5-9(8)7-10/h1,8-10H,5-7H2,2-3H3,(H,13,14). The molecule has 2 nitrogen and oxygen atoms in total. The van der Waals surface area contributed by atoms with E-state index in [0.29, 0.717) is 0 Å². The molecule has 0 aliphatic heterocycles. The van der Waals surface area contributed by atoms with Crippen molar-refractivity contribution in [3.8, 4) is 12.3 Å². The van der Waals surface area contributed by atoms with E-state index in [-0.39, 0.29) is 11.8 Å². The van der Waals surface area contributed by atoms with Crippen LogP contribution in [0, 0.1) is 30.1 Å². The van der Waals surface area contributed by atoms with Crippen LogP contribution < -0.4 is 5.32 Å². The van der Waals surface area contributed by atoms with Gasteiger partial charge in [-0.25, -0.2) is 0 Å². The number of carbonyl (C=O) groups excluding carboxylic acids is 1. The monoisotopic (exact) mass is 191 g/mol. The Balaban J connectivity index is 1.87. The number of amides is 1. The lowest BCUT2D eigenvalue weighted by molar-refractivity contribution is -0.126. The summed E-state index contributed by atoms with van der Waals surface area (Å²) in [6.45, 7) is 3.72. The fourth-order valence-electron chi connectivity index (χ4n) is 2.38. The molecule has 1 amide bonds. The Bertz CT molecular complexity index is 290. The Morgan fingerprint density at radius 1 is 1.36 bits per heavy atom. The van der Waals surface area contributed by atoms with Gasteiger partial charge in [0.1, 0.15) is 0 Å². The number of hydrogen-bond donors (Lipinski definition) is 1. The van der Waals surface area contributed by atoms with Crippen LogP contribution in [0.15, 0.2) is 0 Å². The van der Waals surface area contributed by atoms with E-state index in [0.717, 1.165) is 24.7 Å². The molecular formula is C12H17NO. The molecule has 2 unspecified atom stereocenters. The SMILES string of the molecule is C#CC(C)(C)NC(=O)C1CC2CC2C1. The summed E-state index contributed by atoms with van der Waals surface area (Å²) in [5.41, 5.74) is -0.496. The second-order valence-corrected chi connectivity index (χ2v) is 5.18. The highest BCUT2D eigenvalue weighted by atomic mass is 16.2. The first kappa shape index (κ1) is 9.58. The highest BCUT2D eigenvalue weighted by Crippen LogP contribution is 2.54. The van der Waals surface area contributed by atoms with Gasteiger partial charge in [0.2, 0.25) is 5.91 Å². The zero-order valence-electron chi connectivity index (χ0n) is 8.84. The Kier molecular flexibility index (Phi) is 2.06. The zero-order valence-corrected chi connectivity index (χ0v) is 8.84. The summed E-state index contributed by atoms with van der Waals surface area (Å²) in [5, 5.41) is 2.91. The van der Waals surface area contributed by atoms with Crippen molar-refractivity contribution in [3.05, 3.63) is 0 Å². The smallest absolute Gasteiger partial charge is 0.224 e. The average molecular weight is 191 g/mol. The fraction of sp³-hybridized carbons (Fsp3) is 0.750. The summed E-state index contributed by atoms with van der Waals surface area (Å²) < 4.78 is 0. The zero-order chi connectivity index (χ0) is 10.3. The van der Waals surface area contributed by atoms with Crippen molar-refractivity contribution in [1.82, 2.24) is 5.32 Å². The Labute approximate surface area is 85.5 Å². The summed E-state index contributed by atoms with van der Waals surface area (Å²) >= 11 is 0. The summed E-state index contributed by atoms with van der Waals surface area (Å²) in [6, 6.07) is 0. The highest BCUT2D eigenvalue weighted by Gasteiger charge is 2.48. The molecule has 0 saturated heterocycles. The van der Waals surface area contributed by atoms with Crippen LogP contribution in [0.1, 0.15) is 33.1 Å². The van der Waals surface area contributed by atoms with Crippen molar-refractivity contribution in [2.75, 3.05) is 0 Å². The van der Waals surface area contributed by atoms with Gasteiger partial charge in [0.15, 0.2) is 0 Å². The number of hydrogen-bond acceptors (Lipinski definition) is 1. The maximum absolute atomic E-state index is 11.8. The molecule has 0 aromatic heterocycles. The summed E-state index contributed by atoms with van der Waals surface area (Å²) in [7, 11) is 0. The lowest BCUT2D eigenvalue weighted by atomic mass is 10.00. The predicted octanol–water partition coefficient (Wildman–Crippen LogP) is 1.56. The van der Waals surface area contributed by atoms with Crippen molar-refractivity contribution < 1.29 is 4.79 Å². The summed E-state index contributed by atoms with van der Waals surface area (Å²) in [6.07, 6.45) is 8.84. The van der Waals surface area contributed by atoms with Crippen LogP contribution in [0.5, 0.6) is 0 Å². The largest absolute Gasteiger partial charge is 0.340 e. The van der Waals surface area contributed by atoms with Gasteiger partial charge in [-0.3, -0.25) is 4.79 Å². The molecule has 0 aromatic carbocycles. The second-order valence-electron chi connectivity index (χ2n) is 5.18. The molecular weight excluding hydrogens is 174 g/mol. The van der Waals surface area contributed by atoms with Gasteiger partial charge in [-0.1, -0.05) is 5.92 Å². The van der Waals surface area contributed by atoms with E-state index in [4.69, 9.17) is 6.42 Å². The lowest BCUT2D eigenvalue weighted by Crippen LogP contribution is -2.44. The van der Waals surface area contributed by atoms with Crippen LogP contribution >= 0.6 is 0 Å². The van der Waals surface area contributed by atoms with E-state index < -0.39 is 5.54 Å². The topological polar surface area (TPSA) is 29.1 Å². The lowest BCUT2D eigenvalue weighted by Gasteiger charge is -2.22. The Hall–Kier alpha value is -0.970. The van der Waals surface area contributed by atoms with Crippen molar-refractivity contribution >= 4 is 5.91 Å². The molecule has 2 atom stereocenters. The molecule has 76 valence electrons. The van der Waals surface area contributed by atoms with E-state index in [1.165, 1.54) is 6.42 Å². The van der Waals surface area contributed by atoms with Gasteiger partial charge < -0.3 is 5.32 Å². The molecule has 0 heterocycles. The molecule has 0 bridgehead atoms. The van der Waals surface area contributed by atoms with Crippen LogP contribution in [0.3, 0.4) is 0 Å². The van der Waals surface area contributed by atoms with Crippen LogP contribution in [-0.4, -0.2) is 11.4 Å². The van der Waals surface area contributed by atoms with Gasteiger partial charge >= 0.3 is 0 Å². The molecule has 2 aliphatic carbocycles. The van der Waals surface area contributed by atoms with Crippen LogP contribution in [0.4, 0.5) is 0 Å². The van der Waals surface area contributed by atoms with Crippen LogP contribution in [-0.2, 0) is 4.79 Å². The first-order valence-corrected chi connectivity index (χ1v) is 5.31. The molecule has 2 saturated carbocycles. The van der Waals surface area contributed by atoms with Crippen molar-refractivity contribution in [3.63, 3.8) is 0 Å². The average Bonchev–Trinajstić information content (AvgIpc) is 2.73. The molecule has 0 aromatic rings. The third kappa shape index (κ3) is 1.77. The van der Waals surface area contributed by atoms with Gasteiger partial charge in [0.05, 0.1) is 5.54 Å². The Morgan fingerprint density at radius 3 is 2.43 bits per heavy atom. The third-order valence-electron chi connectivity index (χ3n) is 3.41. The van der Waals surface area contributed by atoms with E-state index >= 15 is 0 Å². The normalized spacial score (nSPS) is 34.5. The number of fused-ring (bicyclic) bond motifs is 1. The van der Waals surface area contributed by atoms with Crippen molar-refractivity contribution in [2.45, 2.75) is 38.6 Å². The number of carbonyl (C=O) groups is 1. The van der Waals surface area contributed by atoms with Crippen molar-refractivity contribution in [2.24, 2.45) is 17.8 Å². The predicted molar refractivity (Wildman–Crippen MR) is 55.4 cm³/mol. The highest BCUT2D eigenvalue weighted by molar-refractivity contribution is 5.80. The summed E-state index contributed by atoms with van der Waals surface area (Å²) in [5.74, 6) is 4.66. The minimum Gasteiger partial charge on any atom is -0.340 e. The van der Waals surface area contributed by atoms with Gasteiger partial charge in [0.25, 0.3) is 0 Å². The minimum absolute atomic E-state index is 0.153. The third-order valence-corrected chi connectivity index (χ3v) is 3.41. The number of terminal acetylenes is 1. The first-order chi connectivity index (χ1) is 6.52. The molecule has 1 N–H and O–H groups in total. The van der Waals surface area contributed by atoms with E-state index in [9.17, 15) is 4.79 Å². The molecule has 14 heavy (non-hydrogen) atoms. The molecule has 2 aliphatic rings. The van der Waals surface area contributed by atoms with Gasteiger partial charge in [-0.15, -0.1) is 6.42 Å². The molecule has 2 rings (SSSR count). The quantitative estimate of drug-likeness (QED) is 0.659. The van der Waals surface area contributed by atoms with Gasteiger partial charge in [0, 0.05) is 5.92 Å². The molecule has 0 spiro atoms. The fourth-order valence-corrected chi connectivity index (χ4v) is 2.38. The van der Waals surface area contributed by atoms with Gasteiger partial charge in [-0.05, 0) is 44.9 Å². The molecule has 2 heteroatoms. The molecule has 2 fully saturated rings. The maximum atomic E-state index is 11.8. The Morgan fingerprint density at radius 2 is 1.93 bits per heavy atom. The van der Waals surface area contributed by atoms with E-state index in [1.54, 1.807) is 0 Å². The van der Waals surface area contributed by atoms with Gasteiger partial charge in [-0.2, -0.15) is 0 Å². The van der Waals surface area contributed by atoms with E-state index in [2.05, 4.69) is 11.2 Å². The van der Waals surface area contributed by atoms with Crippen LogP contribution in [0.2, 0.25) is 0 Å².